The van der Waals surface area contributed by atoms with Gasteiger partial charge in [0.2, 0.25) is 0 Å². The molecule has 1 saturated heterocycles. The van der Waals surface area contributed by atoms with Crippen molar-refractivity contribution in [2.24, 2.45) is 0 Å². The highest BCUT2D eigenvalue weighted by atomic mass is 15.2. The first-order chi connectivity index (χ1) is 14.7. The van der Waals surface area contributed by atoms with Gasteiger partial charge in [0.15, 0.2) is 0 Å². The number of allylic oxidation sites excluding steroid dienone is 2. The second kappa shape index (κ2) is 9.26. The molecule has 0 bridgehead atoms. The van der Waals surface area contributed by atoms with E-state index in [0.717, 1.165) is 44.6 Å². The van der Waals surface area contributed by atoms with Crippen LogP contribution in [0.2, 0.25) is 0 Å². The molecule has 1 fully saturated rings. The van der Waals surface area contributed by atoms with Gasteiger partial charge < -0.3 is 0 Å². The van der Waals surface area contributed by atoms with E-state index >= 15 is 0 Å². The number of hydrogen-bond donors (Lipinski definition) is 0. The molecule has 2 aromatic rings. The van der Waals surface area contributed by atoms with Crippen molar-refractivity contribution in [2.75, 3.05) is 13.1 Å². The number of piperidine rings is 1. The summed E-state index contributed by atoms with van der Waals surface area (Å²) in [5.41, 5.74) is 5.97. The zero-order valence-corrected chi connectivity index (χ0v) is 17.5. The smallest absolute Gasteiger partial charge is 0.0991 e. The topological polar surface area (TPSA) is 30.3 Å². The molecular formula is C27H29N3. The predicted octanol–water partition coefficient (Wildman–Crippen LogP) is 5.38. The van der Waals surface area contributed by atoms with Gasteiger partial charge in [0.1, 0.15) is 0 Å². The number of rotatable bonds is 6. The summed E-state index contributed by atoms with van der Waals surface area (Å²) in [6, 6.07) is 19.9. The summed E-state index contributed by atoms with van der Waals surface area (Å²) in [6.07, 6.45) is 8.22. The lowest BCUT2D eigenvalue weighted by molar-refractivity contribution is 0.0910. The third-order valence-electron chi connectivity index (χ3n) is 6.44. The molecule has 3 heteroatoms. The van der Waals surface area contributed by atoms with Gasteiger partial charge in [0.05, 0.1) is 17.7 Å². The van der Waals surface area contributed by atoms with Gasteiger partial charge in [-0.25, -0.2) is 0 Å². The average molecular weight is 396 g/mol. The van der Waals surface area contributed by atoms with Crippen molar-refractivity contribution in [3.63, 3.8) is 0 Å². The molecule has 0 amide bonds. The van der Waals surface area contributed by atoms with Crippen LogP contribution in [-0.2, 0) is 13.1 Å². The molecule has 2 aliphatic heterocycles. The van der Waals surface area contributed by atoms with Gasteiger partial charge >= 0.3 is 0 Å². The summed E-state index contributed by atoms with van der Waals surface area (Å²) in [5, 5.41) is 9.18. The minimum atomic E-state index is 0.219. The highest BCUT2D eigenvalue weighted by molar-refractivity contribution is 5.40. The van der Waals surface area contributed by atoms with Crippen molar-refractivity contribution in [3.8, 4) is 6.07 Å². The minimum Gasteiger partial charge on any atom is -0.292 e. The largest absolute Gasteiger partial charge is 0.292 e. The number of likely N-dealkylation sites (tertiary alicyclic amines) is 1. The third kappa shape index (κ3) is 4.16. The Kier molecular flexibility index (Phi) is 6.28. The lowest BCUT2D eigenvalue weighted by Crippen LogP contribution is -2.44. The first-order valence-electron chi connectivity index (χ1n) is 10.7. The SMILES string of the molecule is C=C/C=C(\C=C)C(c1ccccc1)N1CCC(N2Cc3ccc(C#N)cc3C2)CC1. The van der Waals surface area contributed by atoms with Crippen LogP contribution < -0.4 is 0 Å². The molecule has 0 aliphatic carbocycles. The van der Waals surface area contributed by atoms with E-state index in [0.29, 0.717) is 6.04 Å². The van der Waals surface area contributed by atoms with Crippen LogP contribution in [-0.4, -0.2) is 28.9 Å². The van der Waals surface area contributed by atoms with E-state index in [4.69, 9.17) is 0 Å². The van der Waals surface area contributed by atoms with Crippen molar-refractivity contribution in [2.45, 2.75) is 38.0 Å². The van der Waals surface area contributed by atoms with E-state index in [1.54, 1.807) is 0 Å². The first kappa shape index (κ1) is 20.3. The Morgan fingerprint density at radius 2 is 1.77 bits per heavy atom. The number of nitriles is 1. The summed E-state index contributed by atoms with van der Waals surface area (Å²) >= 11 is 0. The van der Waals surface area contributed by atoms with Crippen molar-refractivity contribution in [1.29, 1.82) is 5.26 Å². The Labute approximate surface area is 180 Å². The fourth-order valence-electron chi connectivity index (χ4n) is 4.91. The molecule has 2 aliphatic rings. The lowest BCUT2D eigenvalue weighted by atomic mass is 9.93. The maximum atomic E-state index is 9.18. The molecule has 0 aromatic heterocycles. The molecule has 0 spiro atoms. The molecular weight excluding hydrogens is 366 g/mol. The summed E-state index contributed by atoms with van der Waals surface area (Å²) in [4.78, 5) is 5.18. The molecule has 0 saturated carbocycles. The molecule has 0 N–H and O–H groups in total. The van der Waals surface area contributed by atoms with Crippen molar-refractivity contribution in [1.82, 2.24) is 9.80 Å². The van der Waals surface area contributed by atoms with E-state index in [9.17, 15) is 5.26 Å². The second-order valence-corrected chi connectivity index (χ2v) is 8.19. The van der Waals surface area contributed by atoms with Gasteiger partial charge in [-0.1, -0.05) is 67.8 Å². The molecule has 0 radical (unpaired) electrons. The van der Waals surface area contributed by atoms with Crippen LogP contribution in [0.15, 0.2) is 85.5 Å². The maximum Gasteiger partial charge on any atom is 0.0991 e. The Hall–Kier alpha value is -2.93. The van der Waals surface area contributed by atoms with Crippen LogP contribution in [0, 0.1) is 11.3 Å². The molecule has 152 valence electrons. The minimum absolute atomic E-state index is 0.219. The zero-order chi connectivity index (χ0) is 20.9. The summed E-state index contributed by atoms with van der Waals surface area (Å²) in [6.45, 7) is 12.0. The fraction of sp³-hybridized carbons (Fsp3) is 0.296. The lowest BCUT2D eigenvalue weighted by Gasteiger charge is -2.41. The van der Waals surface area contributed by atoms with Crippen LogP contribution in [0.5, 0.6) is 0 Å². The first-order valence-corrected chi connectivity index (χ1v) is 10.7. The standard InChI is InChI=1S/C27H29N3/c1-3-8-22(4-2)27(23-9-6-5-7-10-23)29-15-13-26(14-16-29)30-19-24-12-11-21(18-28)17-25(24)20-30/h3-12,17,26-27H,1-2,13-16,19-20H2/b22-8+. The van der Waals surface area contributed by atoms with Crippen LogP contribution in [0.4, 0.5) is 0 Å². The van der Waals surface area contributed by atoms with E-state index in [2.05, 4.69) is 77.6 Å². The molecule has 1 atom stereocenters. The monoisotopic (exact) mass is 395 g/mol. The number of fused-ring (bicyclic) bond motifs is 1. The predicted molar refractivity (Wildman–Crippen MR) is 123 cm³/mol. The summed E-state index contributed by atoms with van der Waals surface area (Å²) < 4.78 is 0. The van der Waals surface area contributed by atoms with Crippen molar-refractivity contribution >= 4 is 0 Å². The molecule has 30 heavy (non-hydrogen) atoms. The normalized spacial score (nSPS) is 19.1. The number of nitrogens with zero attached hydrogens (tertiary/aromatic N) is 3. The number of benzene rings is 2. The van der Waals surface area contributed by atoms with Gasteiger partial charge in [-0.15, -0.1) is 0 Å². The molecule has 1 unspecified atom stereocenters. The Bertz CT molecular complexity index is 975. The van der Waals surface area contributed by atoms with Crippen LogP contribution in [0.1, 0.15) is 41.1 Å². The fourth-order valence-corrected chi connectivity index (χ4v) is 4.91. The molecule has 3 nitrogen and oxygen atoms in total. The van der Waals surface area contributed by atoms with Crippen molar-refractivity contribution in [3.05, 3.63) is 108 Å². The average Bonchev–Trinajstić information content (AvgIpc) is 3.23. The second-order valence-electron chi connectivity index (χ2n) is 8.19. The van der Waals surface area contributed by atoms with E-state index < -0.39 is 0 Å². The van der Waals surface area contributed by atoms with Crippen LogP contribution in [0.3, 0.4) is 0 Å². The van der Waals surface area contributed by atoms with E-state index in [1.165, 1.54) is 22.3 Å². The molecule has 2 aromatic carbocycles. The van der Waals surface area contributed by atoms with E-state index in [1.807, 2.05) is 18.2 Å². The molecule has 4 rings (SSSR count). The van der Waals surface area contributed by atoms with Gasteiger partial charge in [-0.3, -0.25) is 9.80 Å². The maximum absolute atomic E-state index is 9.18. The summed E-state index contributed by atoms with van der Waals surface area (Å²) in [5.74, 6) is 0. The van der Waals surface area contributed by atoms with Crippen molar-refractivity contribution < 1.29 is 0 Å². The van der Waals surface area contributed by atoms with Crippen LogP contribution in [0.25, 0.3) is 0 Å². The Morgan fingerprint density at radius 1 is 1.03 bits per heavy atom. The highest BCUT2D eigenvalue weighted by Crippen LogP contribution is 2.34. The van der Waals surface area contributed by atoms with Gasteiger partial charge in [-0.05, 0) is 47.2 Å². The van der Waals surface area contributed by atoms with Gasteiger partial charge in [-0.2, -0.15) is 5.26 Å². The zero-order valence-electron chi connectivity index (χ0n) is 17.5. The Morgan fingerprint density at radius 3 is 2.43 bits per heavy atom. The van der Waals surface area contributed by atoms with Crippen LogP contribution >= 0.6 is 0 Å². The summed E-state index contributed by atoms with van der Waals surface area (Å²) in [7, 11) is 0. The molecule has 2 heterocycles. The Balaban J connectivity index is 1.46. The number of hydrogen-bond acceptors (Lipinski definition) is 3. The van der Waals surface area contributed by atoms with Gasteiger partial charge in [0, 0.05) is 32.2 Å². The quantitative estimate of drug-likeness (QED) is 0.615. The highest BCUT2D eigenvalue weighted by Gasteiger charge is 2.32. The third-order valence-corrected chi connectivity index (χ3v) is 6.44. The van der Waals surface area contributed by atoms with E-state index in [-0.39, 0.29) is 6.04 Å². The van der Waals surface area contributed by atoms with Gasteiger partial charge in [0.25, 0.3) is 0 Å².